The van der Waals surface area contributed by atoms with Crippen LogP contribution in [0.5, 0.6) is 0 Å². The highest BCUT2D eigenvalue weighted by atomic mass is 32.2. The van der Waals surface area contributed by atoms with E-state index in [0.29, 0.717) is 17.9 Å². The predicted molar refractivity (Wildman–Crippen MR) is 72.2 cm³/mol. The summed E-state index contributed by atoms with van der Waals surface area (Å²) in [7, 11) is -6.29. The minimum absolute atomic E-state index is 0.00553. The van der Waals surface area contributed by atoms with Crippen molar-refractivity contribution in [2.24, 2.45) is 0 Å². The zero-order chi connectivity index (χ0) is 14.4. The first-order chi connectivity index (χ1) is 8.60. The standard InChI is InChI=1S/C10H17N3O4S2/c1-7(18(2,14)15)9-5-10(11)13(12-9)8-3-4-19(16,17)6-8/h5,7-8H,3-4,6,11H2,1-2H3. The Balaban J connectivity index is 2.33. The lowest BCUT2D eigenvalue weighted by atomic mass is 10.3. The number of aromatic nitrogens is 2. The molecule has 0 saturated carbocycles. The van der Waals surface area contributed by atoms with Gasteiger partial charge < -0.3 is 5.73 Å². The minimum atomic E-state index is -3.26. The van der Waals surface area contributed by atoms with E-state index in [2.05, 4.69) is 5.10 Å². The zero-order valence-electron chi connectivity index (χ0n) is 10.8. The highest BCUT2D eigenvalue weighted by Crippen LogP contribution is 2.28. The molecule has 19 heavy (non-hydrogen) atoms. The second-order valence-corrected chi connectivity index (χ2v) is 9.56. The monoisotopic (exact) mass is 307 g/mol. The fraction of sp³-hybridized carbons (Fsp3) is 0.700. The van der Waals surface area contributed by atoms with Crippen LogP contribution in [0.3, 0.4) is 0 Å². The third-order valence-corrected chi connectivity index (χ3v) is 6.67. The Hall–Kier alpha value is -1.09. The molecule has 1 saturated heterocycles. The molecule has 2 heterocycles. The number of anilines is 1. The third kappa shape index (κ3) is 2.92. The predicted octanol–water partition coefficient (Wildman–Crippen LogP) is -0.0695. The number of sulfone groups is 2. The van der Waals surface area contributed by atoms with E-state index in [4.69, 9.17) is 5.73 Å². The highest BCUT2D eigenvalue weighted by molar-refractivity contribution is 7.91. The molecule has 7 nitrogen and oxygen atoms in total. The van der Waals surface area contributed by atoms with Gasteiger partial charge in [0.25, 0.3) is 0 Å². The Morgan fingerprint density at radius 3 is 2.63 bits per heavy atom. The lowest BCUT2D eigenvalue weighted by Gasteiger charge is -2.10. The third-order valence-electron chi connectivity index (χ3n) is 3.40. The van der Waals surface area contributed by atoms with Gasteiger partial charge in [-0.2, -0.15) is 5.10 Å². The van der Waals surface area contributed by atoms with Crippen LogP contribution in [0.2, 0.25) is 0 Å². The van der Waals surface area contributed by atoms with Crippen LogP contribution in [-0.2, 0) is 19.7 Å². The van der Waals surface area contributed by atoms with Crippen molar-refractivity contribution in [3.8, 4) is 0 Å². The Kier molecular flexibility index (Phi) is 3.38. The largest absolute Gasteiger partial charge is 0.384 e. The molecule has 1 fully saturated rings. The van der Waals surface area contributed by atoms with Crippen LogP contribution in [0.1, 0.15) is 30.3 Å². The Morgan fingerprint density at radius 2 is 2.16 bits per heavy atom. The van der Waals surface area contributed by atoms with Crippen LogP contribution in [0.25, 0.3) is 0 Å². The molecule has 2 unspecified atom stereocenters. The number of hydrogen-bond donors (Lipinski definition) is 1. The molecule has 2 N–H and O–H groups in total. The summed E-state index contributed by atoms with van der Waals surface area (Å²) in [4.78, 5) is 0. The summed E-state index contributed by atoms with van der Waals surface area (Å²) in [6.45, 7) is 1.53. The fourth-order valence-electron chi connectivity index (χ4n) is 2.11. The zero-order valence-corrected chi connectivity index (χ0v) is 12.4. The normalized spacial score (nSPS) is 24.4. The van der Waals surface area contributed by atoms with Crippen molar-refractivity contribution >= 4 is 25.5 Å². The van der Waals surface area contributed by atoms with Crippen molar-refractivity contribution in [1.29, 1.82) is 0 Å². The van der Waals surface area contributed by atoms with Gasteiger partial charge in [-0.25, -0.2) is 21.5 Å². The van der Waals surface area contributed by atoms with Crippen LogP contribution in [0.15, 0.2) is 6.07 Å². The molecule has 1 aliphatic heterocycles. The number of nitrogens with two attached hydrogens (primary N) is 1. The van der Waals surface area contributed by atoms with Crippen LogP contribution < -0.4 is 5.73 Å². The molecule has 0 amide bonds. The molecule has 0 bridgehead atoms. The lowest BCUT2D eigenvalue weighted by Crippen LogP contribution is -2.15. The van der Waals surface area contributed by atoms with E-state index in [0.717, 1.165) is 6.26 Å². The molecular formula is C10H17N3O4S2. The van der Waals surface area contributed by atoms with E-state index < -0.39 is 24.9 Å². The first-order valence-corrected chi connectivity index (χ1v) is 9.62. The van der Waals surface area contributed by atoms with Crippen LogP contribution in [0.4, 0.5) is 5.82 Å². The lowest BCUT2D eigenvalue weighted by molar-refractivity contribution is 0.500. The maximum absolute atomic E-state index is 11.5. The average molecular weight is 307 g/mol. The van der Waals surface area contributed by atoms with Gasteiger partial charge in [0.15, 0.2) is 19.7 Å². The molecule has 108 valence electrons. The highest BCUT2D eigenvalue weighted by Gasteiger charge is 2.32. The molecule has 1 aromatic heterocycles. The van der Waals surface area contributed by atoms with Gasteiger partial charge in [0.2, 0.25) is 0 Å². The first-order valence-electron chi connectivity index (χ1n) is 5.84. The molecule has 0 radical (unpaired) electrons. The first kappa shape index (κ1) is 14.3. The van der Waals surface area contributed by atoms with Gasteiger partial charge in [0, 0.05) is 12.3 Å². The summed E-state index contributed by atoms with van der Waals surface area (Å²) >= 11 is 0. The van der Waals surface area contributed by atoms with Gasteiger partial charge in [-0.05, 0) is 13.3 Å². The van der Waals surface area contributed by atoms with Crippen molar-refractivity contribution in [3.05, 3.63) is 11.8 Å². The second-order valence-electron chi connectivity index (χ2n) is 4.97. The molecule has 2 rings (SSSR count). The van der Waals surface area contributed by atoms with E-state index in [9.17, 15) is 16.8 Å². The topological polar surface area (TPSA) is 112 Å². The fourth-order valence-corrected chi connectivity index (χ4v) is 4.35. The van der Waals surface area contributed by atoms with Gasteiger partial charge in [0.05, 0.1) is 23.2 Å². The smallest absolute Gasteiger partial charge is 0.155 e. The quantitative estimate of drug-likeness (QED) is 0.836. The van der Waals surface area contributed by atoms with E-state index in [-0.39, 0.29) is 17.5 Å². The summed E-state index contributed by atoms with van der Waals surface area (Å²) in [5, 5.41) is 3.42. The summed E-state index contributed by atoms with van der Waals surface area (Å²) in [6, 6.07) is 1.20. The Bertz CT molecular complexity index is 690. The number of hydrogen-bond acceptors (Lipinski definition) is 6. The number of rotatable bonds is 3. The van der Waals surface area contributed by atoms with Crippen LogP contribution in [-0.4, -0.2) is 44.4 Å². The van der Waals surface area contributed by atoms with Crippen LogP contribution >= 0.6 is 0 Å². The van der Waals surface area contributed by atoms with Crippen molar-refractivity contribution in [2.45, 2.75) is 24.6 Å². The van der Waals surface area contributed by atoms with E-state index >= 15 is 0 Å². The minimum Gasteiger partial charge on any atom is -0.384 e. The summed E-state index contributed by atoms with van der Waals surface area (Å²) < 4.78 is 47.3. The molecule has 0 spiro atoms. The maximum Gasteiger partial charge on any atom is 0.155 e. The maximum atomic E-state index is 11.5. The molecule has 0 aromatic carbocycles. The van der Waals surface area contributed by atoms with Gasteiger partial charge >= 0.3 is 0 Å². The SMILES string of the molecule is CC(c1cc(N)n(C2CCS(=O)(=O)C2)n1)S(C)(=O)=O. The van der Waals surface area contributed by atoms with Gasteiger partial charge in [-0.3, -0.25) is 0 Å². The molecule has 1 aliphatic rings. The number of nitrogen functional groups attached to an aromatic ring is 1. The molecule has 0 aliphatic carbocycles. The van der Waals surface area contributed by atoms with Gasteiger partial charge in [-0.1, -0.05) is 0 Å². The van der Waals surface area contributed by atoms with E-state index in [1.165, 1.54) is 17.7 Å². The Morgan fingerprint density at radius 1 is 1.53 bits per heavy atom. The van der Waals surface area contributed by atoms with Gasteiger partial charge in [0.1, 0.15) is 11.1 Å². The second kappa shape index (κ2) is 4.48. The summed E-state index contributed by atoms with van der Waals surface area (Å²) in [5.41, 5.74) is 6.15. The summed E-state index contributed by atoms with van der Waals surface area (Å²) in [6.07, 6.45) is 1.59. The molecule has 9 heteroatoms. The van der Waals surface area contributed by atoms with Crippen molar-refractivity contribution in [3.63, 3.8) is 0 Å². The van der Waals surface area contributed by atoms with Crippen molar-refractivity contribution in [2.75, 3.05) is 23.5 Å². The van der Waals surface area contributed by atoms with Gasteiger partial charge in [-0.15, -0.1) is 0 Å². The molecule has 1 aromatic rings. The average Bonchev–Trinajstić information content (AvgIpc) is 2.79. The van der Waals surface area contributed by atoms with E-state index in [1.54, 1.807) is 0 Å². The van der Waals surface area contributed by atoms with Crippen molar-refractivity contribution < 1.29 is 16.8 Å². The van der Waals surface area contributed by atoms with Crippen LogP contribution in [0, 0.1) is 0 Å². The summed E-state index contributed by atoms with van der Waals surface area (Å²) in [5.74, 6) is 0.423. The Labute approximate surface area is 112 Å². The number of nitrogens with zero attached hydrogens (tertiary/aromatic N) is 2. The molecule has 2 atom stereocenters. The molecular weight excluding hydrogens is 290 g/mol. The van der Waals surface area contributed by atoms with Crippen molar-refractivity contribution in [1.82, 2.24) is 9.78 Å². The van der Waals surface area contributed by atoms with E-state index in [1.807, 2.05) is 0 Å².